The molecular weight excluding hydrogens is 114 g/mol. The van der Waals surface area contributed by atoms with Crippen LogP contribution in [0.5, 0.6) is 0 Å². The molecule has 48 valence electrons. The molecule has 0 aromatic carbocycles. The number of amidine groups is 1. The quantitative estimate of drug-likeness (QED) is 0.501. The van der Waals surface area contributed by atoms with E-state index >= 15 is 0 Å². The van der Waals surface area contributed by atoms with Gasteiger partial charge in [0.2, 0.25) is 0 Å². The fraction of sp³-hybridized carbons (Fsp3) is 0.333. The van der Waals surface area contributed by atoms with Gasteiger partial charge in [-0.2, -0.15) is 0 Å². The van der Waals surface area contributed by atoms with Crippen LogP contribution in [0.3, 0.4) is 0 Å². The van der Waals surface area contributed by atoms with Crippen molar-refractivity contribution in [3.8, 4) is 0 Å². The van der Waals surface area contributed by atoms with Gasteiger partial charge in [0.1, 0.15) is 5.70 Å². The average molecular weight is 123 g/mol. The average Bonchev–Trinajstić information content (AvgIpc) is 2.33. The maximum absolute atomic E-state index is 4.00. The van der Waals surface area contributed by atoms with Crippen molar-refractivity contribution < 1.29 is 0 Å². The number of nitrogens with one attached hydrogen (secondary N) is 1. The summed E-state index contributed by atoms with van der Waals surface area (Å²) in [4.78, 5) is 7.95. The van der Waals surface area contributed by atoms with Gasteiger partial charge in [0.15, 0.2) is 5.84 Å². The summed E-state index contributed by atoms with van der Waals surface area (Å²) in [6, 6.07) is 0. The van der Waals surface area contributed by atoms with Crippen molar-refractivity contribution in [1.82, 2.24) is 5.32 Å². The van der Waals surface area contributed by atoms with Crippen LogP contribution in [0, 0.1) is 0 Å². The molecule has 0 amide bonds. The lowest BCUT2D eigenvalue weighted by Crippen LogP contribution is -2.15. The van der Waals surface area contributed by atoms with Crippen LogP contribution >= 0.6 is 0 Å². The molecule has 9 heavy (non-hydrogen) atoms. The lowest BCUT2D eigenvalue weighted by atomic mass is 10.4. The summed E-state index contributed by atoms with van der Waals surface area (Å²) < 4.78 is 0. The number of aliphatic imine (C=N–C) groups is 2. The Labute approximate surface area is 54.2 Å². The summed E-state index contributed by atoms with van der Waals surface area (Å²) in [6.07, 6.45) is 3.55. The Hall–Kier alpha value is -1.12. The van der Waals surface area contributed by atoms with Crippen molar-refractivity contribution in [3.05, 3.63) is 11.8 Å². The minimum atomic E-state index is 0.845. The molecule has 3 nitrogen and oxygen atoms in total. The van der Waals surface area contributed by atoms with Gasteiger partial charge in [-0.3, -0.25) is 4.99 Å². The van der Waals surface area contributed by atoms with E-state index in [1.165, 1.54) is 0 Å². The van der Waals surface area contributed by atoms with Gasteiger partial charge < -0.3 is 5.32 Å². The van der Waals surface area contributed by atoms with Crippen LogP contribution < -0.4 is 5.32 Å². The van der Waals surface area contributed by atoms with Crippen molar-refractivity contribution in [2.75, 3.05) is 7.05 Å². The van der Waals surface area contributed by atoms with Crippen molar-refractivity contribution in [1.29, 1.82) is 0 Å². The molecule has 1 aliphatic heterocycles. The predicted molar refractivity (Wildman–Crippen MR) is 38.7 cm³/mol. The first-order valence-corrected chi connectivity index (χ1v) is 2.81. The normalized spacial score (nSPS) is 25.6. The van der Waals surface area contributed by atoms with Crippen LogP contribution in [0.4, 0.5) is 0 Å². The summed E-state index contributed by atoms with van der Waals surface area (Å²) >= 11 is 0. The van der Waals surface area contributed by atoms with Crippen LogP contribution in [-0.2, 0) is 0 Å². The van der Waals surface area contributed by atoms with Crippen molar-refractivity contribution in [3.63, 3.8) is 0 Å². The molecule has 0 radical (unpaired) electrons. The van der Waals surface area contributed by atoms with E-state index in [9.17, 15) is 0 Å². The van der Waals surface area contributed by atoms with Gasteiger partial charge in [-0.1, -0.05) is 6.08 Å². The van der Waals surface area contributed by atoms with E-state index in [0.29, 0.717) is 0 Å². The molecule has 0 atom stereocenters. The summed E-state index contributed by atoms with van der Waals surface area (Å²) in [5.74, 6) is 0.845. The lowest BCUT2D eigenvalue weighted by Gasteiger charge is -1.92. The fourth-order valence-electron chi connectivity index (χ4n) is 0.688. The second-order valence-electron chi connectivity index (χ2n) is 1.65. The molecule has 0 saturated carbocycles. The van der Waals surface area contributed by atoms with Gasteiger partial charge in [0.25, 0.3) is 0 Å². The molecular formula is C6H9N3. The summed E-state index contributed by atoms with van der Waals surface area (Å²) in [7, 11) is 1.74. The van der Waals surface area contributed by atoms with Crippen LogP contribution in [-0.4, -0.2) is 19.2 Å². The topological polar surface area (TPSA) is 36.8 Å². The highest BCUT2D eigenvalue weighted by Gasteiger charge is 2.05. The van der Waals surface area contributed by atoms with Crippen molar-refractivity contribution >= 4 is 12.2 Å². The van der Waals surface area contributed by atoms with E-state index in [4.69, 9.17) is 0 Å². The van der Waals surface area contributed by atoms with E-state index in [1.807, 2.05) is 13.0 Å². The highest BCUT2D eigenvalue weighted by molar-refractivity contribution is 6.08. The Kier molecular flexibility index (Phi) is 1.63. The van der Waals surface area contributed by atoms with E-state index in [2.05, 4.69) is 15.3 Å². The van der Waals surface area contributed by atoms with Gasteiger partial charge in [0, 0.05) is 7.05 Å². The Morgan fingerprint density at radius 3 is 3.00 bits per heavy atom. The monoisotopic (exact) mass is 123 g/mol. The molecule has 0 spiro atoms. The molecule has 1 heterocycles. The first-order valence-electron chi connectivity index (χ1n) is 2.81. The third-order valence-electron chi connectivity index (χ3n) is 1.14. The van der Waals surface area contributed by atoms with Gasteiger partial charge >= 0.3 is 0 Å². The first-order chi connectivity index (χ1) is 4.38. The number of nitrogens with zero attached hydrogens (tertiary/aromatic N) is 2. The first kappa shape index (κ1) is 6.01. The molecule has 0 aromatic rings. The maximum Gasteiger partial charge on any atom is 0.151 e. The van der Waals surface area contributed by atoms with Crippen LogP contribution in [0.15, 0.2) is 21.8 Å². The fourth-order valence-corrected chi connectivity index (χ4v) is 0.688. The van der Waals surface area contributed by atoms with Gasteiger partial charge in [-0.15, -0.1) is 0 Å². The molecule has 3 heteroatoms. The molecule has 0 bridgehead atoms. The summed E-state index contributed by atoms with van der Waals surface area (Å²) in [5, 5.41) is 2.90. The largest absolute Gasteiger partial charge is 0.330 e. The van der Waals surface area contributed by atoms with E-state index in [-0.39, 0.29) is 0 Å². The standard InChI is InChI=1S/C6H9N3/c1-3-5-6(7-2)9-4-8-5/h3-4H,1-2H3,(H,7,8,9)/b5-3+. The highest BCUT2D eigenvalue weighted by atomic mass is 15.1. The zero-order chi connectivity index (χ0) is 6.69. The molecule has 1 aliphatic rings. The third-order valence-corrected chi connectivity index (χ3v) is 1.14. The second kappa shape index (κ2) is 2.44. The van der Waals surface area contributed by atoms with E-state index < -0.39 is 0 Å². The van der Waals surface area contributed by atoms with E-state index in [0.717, 1.165) is 11.5 Å². The van der Waals surface area contributed by atoms with Crippen LogP contribution in [0.25, 0.3) is 0 Å². The minimum absolute atomic E-state index is 0.845. The second-order valence-corrected chi connectivity index (χ2v) is 1.65. The lowest BCUT2D eigenvalue weighted by molar-refractivity contribution is 1.33. The predicted octanol–water partition coefficient (Wildman–Crippen LogP) is 0.550. The molecule has 1 rings (SSSR count). The molecule has 1 N–H and O–H groups in total. The maximum atomic E-state index is 4.00. The summed E-state index contributed by atoms with van der Waals surface area (Å²) in [6.45, 7) is 1.94. The molecule has 0 aromatic heterocycles. The van der Waals surface area contributed by atoms with Gasteiger partial charge in [-0.05, 0) is 6.92 Å². The van der Waals surface area contributed by atoms with E-state index in [1.54, 1.807) is 13.4 Å². The van der Waals surface area contributed by atoms with Gasteiger partial charge in [-0.25, -0.2) is 4.99 Å². The SMILES string of the molecule is C/C=C1/N=CN/C1=N/C. The van der Waals surface area contributed by atoms with Gasteiger partial charge in [0.05, 0.1) is 6.34 Å². The zero-order valence-electron chi connectivity index (χ0n) is 5.55. The molecule has 0 unspecified atom stereocenters. The minimum Gasteiger partial charge on any atom is -0.330 e. The highest BCUT2D eigenvalue weighted by Crippen LogP contribution is 2.00. The van der Waals surface area contributed by atoms with Crippen LogP contribution in [0.2, 0.25) is 0 Å². The Bertz CT molecular complexity index is 188. The number of hydrogen-bond acceptors (Lipinski definition) is 2. The summed E-state index contributed by atoms with van der Waals surface area (Å²) in [5.41, 5.74) is 0.914. The molecule has 0 fully saturated rings. The van der Waals surface area contributed by atoms with Crippen molar-refractivity contribution in [2.24, 2.45) is 9.98 Å². The number of rotatable bonds is 0. The molecule has 0 saturated heterocycles. The number of allylic oxidation sites excluding steroid dienone is 1. The number of hydrogen-bond donors (Lipinski definition) is 1. The van der Waals surface area contributed by atoms with Crippen LogP contribution in [0.1, 0.15) is 6.92 Å². The smallest absolute Gasteiger partial charge is 0.151 e. The Morgan fingerprint density at radius 1 is 1.78 bits per heavy atom. The van der Waals surface area contributed by atoms with Crippen molar-refractivity contribution in [2.45, 2.75) is 6.92 Å². The third kappa shape index (κ3) is 0.988. The Balaban J connectivity index is 2.84. The molecule has 0 aliphatic carbocycles. The zero-order valence-corrected chi connectivity index (χ0v) is 5.55. The Morgan fingerprint density at radius 2 is 2.56 bits per heavy atom.